The van der Waals surface area contributed by atoms with Crippen molar-refractivity contribution in [3.05, 3.63) is 36.0 Å². The topological polar surface area (TPSA) is 89.8 Å². The summed E-state index contributed by atoms with van der Waals surface area (Å²) in [6.07, 6.45) is 1.33. The first-order valence-corrected chi connectivity index (χ1v) is 7.31. The van der Waals surface area contributed by atoms with Crippen molar-refractivity contribution < 1.29 is 24.2 Å². The van der Waals surface area contributed by atoms with Crippen LogP contribution in [-0.2, 0) is 20.8 Å². The Morgan fingerprint density at radius 1 is 1.39 bits per heavy atom. The van der Waals surface area contributed by atoms with E-state index in [0.29, 0.717) is 24.1 Å². The molecule has 7 nitrogen and oxygen atoms in total. The summed E-state index contributed by atoms with van der Waals surface area (Å²) in [5.74, 6) is -1.22. The van der Waals surface area contributed by atoms with E-state index in [0.717, 1.165) is 0 Å². The van der Waals surface area contributed by atoms with Crippen LogP contribution in [0.5, 0.6) is 0 Å². The minimum absolute atomic E-state index is 0.0424. The Morgan fingerprint density at radius 2 is 2.17 bits per heavy atom. The lowest BCUT2D eigenvalue weighted by atomic mass is 10.2. The second-order valence-electron chi connectivity index (χ2n) is 5.48. The van der Waals surface area contributed by atoms with Gasteiger partial charge in [0.1, 0.15) is 12.6 Å². The van der Waals surface area contributed by atoms with E-state index in [-0.39, 0.29) is 30.2 Å². The Hall–Kier alpha value is -2.38. The van der Waals surface area contributed by atoms with Crippen LogP contribution >= 0.6 is 0 Å². The Morgan fingerprint density at radius 3 is 2.91 bits per heavy atom. The molecule has 1 aliphatic heterocycles. The number of aromatic nitrogens is 1. The molecule has 1 fully saturated rings. The fourth-order valence-corrected chi connectivity index (χ4v) is 2.86. The minimum atomic E-state index is -1.01. The van der Waals surface area contributed by atoms with Gasteiger partial charge in [-0.2, -0.15) is 0 Å². The van der Waals surface area contributed by atoms with Gasteiger partial charge in [-0.15, -0.1) is 0 Å². The number of rotatable bonds is 5. The second kappa shape index (κ2) is 6.39. The van der Waals surface area contributed by atoms with Gasteiger partial charge in [0, 0.05) is 24.2 Å². The molecule has 2 atom stereocenters. The molecule has 2 heterocycles. The zero-order chi connectivity index (χ0) is 16.4. The number of para-hydroxylation sites is 1. The van der Waals surface area contributed by atoms with Crippen LogP contribution < -0.4 is 5.32 Å². The molecule has 1 aromatic heterocycles. The Balaban J connectivity index is 1.79. The molecule has 1 aliphatic rings. The molecular formula is C16H18N2O5. The van der Waals surface area contributed by atoms with E-state index < -0.39 is 5.97 Å². The highest BCUT2D eigenvalue weighted by molar-refractivity contribution is 6.03. The van der Waals surface area contributed by atoms with Gasteiger partial charge >= 0.3 is 5.97 Å². The molecule has 2 aromatic rings. The standard InChI is InChI=1S/C16H18N2O5/c1-22-14-9-23-8-12(14)17-15(19)7-18-6-11(16(20)21)10-4-2-3-5-13(10)18/h2-6,12,14H,7-9H2,1H3,(H,17,19)(H,20,21)/t12-,14+/m0/s1. The third-order valence-electron chi connectivity index (χ3n) is 4.01. The molecule has 0 aliphatic carbocycles. The number of fused-ring (bicyclic) bond motifs is 1. The molecule has 0 bridgehead atoms. The number of amides is 1. The average molecular weight is 318 g/mol. The molecular weight excluding hydrogens is 300 g/mol. The van der Waals surface area contributed by atoms with Crippen molar-refractivity contribution in [3.8, 4) is 0 Å². The molecule has 1 saturated heterocycles. The highest BCUT2D eigenvalue weighted by atomic mass is 16.5. The quantitative estimate of drug-likeness (QED) is 0.854. The zero-order valence-corrected chi connectivity index (χ0v) is 12.7. The second-order valence-corrected chi connectivity index (χ2v) is 5.48. The summed E-state index contributed by atoms with van der Waals surface area (Å²) < 4.78 is 12.2. The van der Waals surface area contributed by atoms with Crippen LogP contribution in [-0.4, -0.2) is 54.0 Å². The average Bonchev–Trinajstić information content (AvgIpc) is 3.12. The minimum Gasteiger partial charge on any atom is -0.478 e. The van der Waals surface area contributed by atoms with Gasteiger partial charge in [-0.3, -0.25) is 4.79 Å². The molecule has 0 unspecified atom stereocenters. The van der Waals surface area contributed by atoms with Crippen LogP contribution in [0.2, 0.25) is 0 Å². The van der Waals surface area contributed by atoms with Crippen molar-refractivity contribution in [1.82, 2.24) is 9.88 Å². The highest BCUT2D eigenvalue weighted by Gasteiger charge is 2.29. The predicted octanol–water partition coefficient (Wildman–Crippen LogP) is 0.869. The fraction of sp³-hybridized carbons (Fsp3) is 0.375. The Kier molecular flexibility index (Phi) is 4.31. The Bertz CT molecular complexity index is 739. The van der Waals surface area contributed by atoms with Crippen molar-refractivity contribution >= 4 is 22.8 Å². The number of carbonyl (C=O) groups excluding carboxylic acids is 1. The summed E-state index contributed by atoms with van der Waals surface area (Å²) in [6.45, 7) is 0.912. The van der Waals surface area contributed by atoms with Gasteiger partial charge in [0.05, 0.1) is 24.8 Å². The zero-order valence-electron chi connectivity index (χ0n) is 12.7. The number of carboxylic acid groups (broad SMARTS) is 1. The van der Waals surface area contributed by atoms with Gasteiger partial charge in [0.15, 0.2) is 0 Å². The summed E-state index contributed by atoms with van der Waals surface area (Å²) in [4.78, 5) is 23.6. The molecule has 0 saturated carbocycles. The van der Waals surface area contributed by atoms with Crippen LogP contribution in [0.25, 0.3) is 10.9 Å². The van der Waals surface area contributed by atoms with Crippen LogP contribution in [0.1, 0.15) is 10.4 Å². The first-order chi connectivity index (χ1) is 11.1. The van der Waals surface area contributed by atoms with Crippen LogP contribution in [0.3, 0.4) is 0 Å². The number of benzene rings is 1. The largest absolute Gasteiger partial charge is 0.478 e. The normalized spacial score (nSPS) is 20.7. The fourth-order valence-electron chi connectivity index (χ4n) is 2.86. The van der Waals surface area contributed by atoms with E-state index in [1.165, 1.54) is 6.20 Å². The molecule has 0 radical (unpaired) electrons. The third kappa shape index (κ3) is 3.06. The molecule has 2 N–H and O–H groups in total. The lowest BCUT2D eigenvalue weighted by molar-refractivity contribution is -0.123. The number of carboxylic acids is 1. The SMILES string of the molecule is CO[C@@H]1COC[C@@H]1NC(=O)Cn1cc(C(=O)O)c2ccccc21. The lowest BCUT2D eigenvalue weighted by Crippen LogP contribution is -2.44. The van der Waals surface area contributed by atoms with E-state index in [9.17, 15) is 14.7 Å². The molecule has 122 valence electrons. The first-order valence-electron chi connectivity index (χ1n) is 7.31. The molecule has 1 amide bonds. The monoisotopic (exact) mass is 318 g/mol. The maximum Gasteiger partial charge on any atom is 0.337 e. The van der Waals surface area contributed by atoms with Gasteiger partial charge in [0.25, 0.3) is 0 Å². The van der Waals surface area contributed by atoms with E-state index in [1.807, 2.05) is 6.07 Å². The lowest BCUT2D eigenvalue weighted by Gasteiger charge is -2.17. The number of carbonyl (C=O) groups is 2. The maximum absolute atomic E-state index is 12.3. The van der Waals surface area contributed by atoms with Gasteiger partial charge in [-0.1, -0.05) is 18.2 Å². The van der Waals surface area contributed by atoms with Gasteiger partial charge < -0.3 is 24.5 Å². The van der Waals surface area contributed by atoms with Crippen molar-refractivity contribution in [2.24, 2.45) is 0 Å². The molecule has 1 aromatic carbocycles. The van der Waals surface area contributed by atoms with Gasteiger partial charge in [0.2, 0.25) is 5.91 Å². The number of nitrogens with one attached hydrogen (secondary N) is 1. The number of nitrogens with zero attached hydrogens (tertiary/aromatic N) is 1. The first kappa shape index (κ1) is 15.5. The molecule has 3 rings (SSSR count). The molecule has 0 spiro atoms. The summed E-state index contributed by atoms with van der Waals surface area (Å²) in [6, 6.07) is 6.94. The Labute approximate surface area is 132 Å². The van der Waals surface area contributed by atoms with E-state index in [4.69, 9.17) is 9.47 Å². The molecule has 7 heteroatoms. The maximum atomic E-state index is 12.3. The predicted molar refractivity (Wildman–Crippen MR) is 82.4 cm³/mol. The number of hydrogen-bond donors (Lipinski definition) is 2. The van der Waals surface area contributed by atoms with Crippen LogP contribution in [0.15, 0.2) is 30.5 Å². The van der Waals surface area contributed by atoms with Crippen LogP contribution in [0.4, 0.5) is 0 Å². The number of aromatic carboxylic acids is 1. The summed E-state index contributed by atoms with van der Waals surface area (Å²) in [7, 11) is 1.58. The summed E-state index contributed by atoms with van der Waals surface area (Å²) in [5.41, 5.74) is 0.901. The van der Waals surface area contributed by atoms with Gasteiger partial charge in [-0.25, -0.2) is 4.79 Å². The smallest absolute Gasteiger partial charge is 0.337 e. The third-order valence-corrected chi connectivity index (χ3v) is 4.01. The van der Waals surface area contributed by atoms with Crippen LogP contribution in [0, 0.1) is 0 Å². The van der Waals surface area contributed by atoms with E-state index in [2.05, 4.69) is 5.32 Å². The number of methoxy groups -OCH3 is 1. The molecule has 23 heavy (non-hydrogen) atoms. The summed E-state index contributed by atoms with van der Waals surface area (Å²) in [5, 5.41) is 12.8. The number of hydrogen-bond acceptors (Lipinski definition) is 4. The van der Waals surface area contributed by atoms with Crippen molar-refractivity contribution in [2.75, 3.05) is 20.3 Å². The van der Waals surface area contributed by atoms with Crippen molar-refractivity contribution in [2.45, 2.75) is 18.7 Å². The van der Waals surface area contributed by atoms with E-state index in [1.54, 1.807) is 29.9 Å². The highest BCUT2D eigenvalue weighted by Crippen LogP contribution is 2.21. The van der Waals surface area contributed by atoms with Crippen molar-refractivity contribution in [3.63, 3.8) is 0 Å². The number of ether oxygens (including phenoxy) is 2. The summed E-state index contributed by atoms with van der Waals surface area (Å²) >= 11 is 0. The van der Waals surface area contributed by atoms with E-state index >= 15 is 0 Å². The van der Waals surface area contributed by atoms with Gasteiger partial charge in [-0.05, 0) is 6.07 Å². The van der Waals surface area contributed by atoms with Crippen molar-refractivity contribution in [1.29, 1.82) is 0 Å².